The van der Waals surface area contributed by atoms with E-state index in [4.69, 9.17) is 0 Å². The maximum Gasteiger partial charge on any atom is 0.304 e. The quantitative estimate of drug-likeness (QED) is 0.515. The first-order valence-corrected chi connectivity index (χ1v) is 10.1. The maximum absolute atomic E-state index is 15.1. The van der Waals surface area contributed by atoms with E-state index >= 15 is 13.2 Å². The van der Waals surface area contributed by atoms with Crippen molar-refractivity contribution in [3.8, 4) is 0 Å². The van der Waals surface area contributed by atoms with Crippen LogP contribution in [-0.2, 0) is 12.5 Å². The molecule has 3 N–H and O–H groups in total. The van der Waals surface area contributed by atoms with E-state index in [2.05, 4.69) is 25.6 Å². The number of hydrogen-bond donors (Lipinski definition) is 3. The van der Waals surface area contributed by atoms with Crippen molar-refractivity contribution >= 4 is 22.5 Å². The Morgan fingerprint density at radius 2 is 1.97 bits per heavy atom. The van der Waals surface area contributed by atoms with Gasteiger partial charge in [0.15, 0.2) is 0 Å². The third-order valence-electron chi connectivity index (χ3n) is 5.82. The van der Waals surface area contributed by atoms with Crippen LogP contribution in [0.25, 0.3) is 10.9 Å². The molecule has 1 atom stereocenters. The van der Waals surface area contributed by atoms with Gasteiger partial charge in [0, 0.05) is 24.5 Å². The summed E-state index contributed by atoms with van der Waals surface area (Å²) in [4.78, 5) is 12.9. The second kappa shape index (κ2) is 7.64. The summed E-state index contributed by atoms with van der Waals surface area (Å²) in [6.07, 6.45) is 2.62. The largest absolute Gasteiger partial charge is 0.383 e. The molecule has 3 aromatic rings. The fraction of sp³-hybridized carbons (Fsp3) is 0.409. The fourth-order valence-corrected chi connectivity index (χ4v) is 3.73. The second-order valence-electron chi connectivity index (χ2n) is 8.08. The molecule has 9 heteroatoms. The molecule has 2 aromatic heterocycles. The van der Waals surface area contributed by atoms with E-state index in [9.17, 15) is 5.11 Å². The number of benzene rings is 1. The number of aromatic nitrogens is 3. The van der Waals surface area contributed by atoms with E-state index in [1.807, 2.05) is 0 Å². The molecule has 0 aliphatic heterocycles. The highest BCUT2D eigenvalue weighted by Crippen LogP contribution is 2.52. The Labute approximate surface area is 177 Å². The number of nitrogens with one attached hydrogen (secondary N) is 2. The molecule has 1 fully saturated rings. The predicted octanol–water partition coefficient (Wildman–Crippen LogP) is 4.38. The molecule has 2 heterocycles. The van der Waals surface area contributed by atoms with Gasteiger partial charge in [0.1, 0.15) is 28.9 Å². The van der Waals surface area contributed by atoms with Crippen LogP contribution in [0.3, 0.4) is 0 Å². The third kappa shape index (κ3) is 3.78. The Balaban J connectivity index is 1.65. The SMILES string of the molecule is CNc1cc2c(NCc3cccc(C(F)(F)C(C)(O)C4CC4)c3F)nc(C)nc2cn1. The Hall–Kier alpha value is -2.94. The zero-order chi connectivity index (χ0) is 22.4. The summed E-state index contributed by atoms with van der Waals surface area (Å²) in [6, 6.07) is 5.60. The van der Waals surface area contributed by atoms with Gasteiger partial charge in [-0.2, -0.15) is 8.78 Å². The van der Waals surface area contributed by atoms with Crippen molar-refractivity contribution in [1.82, 2.24) is 15.0 Å². The molecule has 0 bridgehead atoms. The number of fused-ring (bicyclic) bond motifs is 1. The summed E-state index contributed by atoms with van der Waals surface area (Å²) in [7, 11) is 1.73. The van der Waals surface area contributed by atoms with Crippen molar-refractivity contribution in [2.24, 2.45) is 5.92 Å². The molecule has 1 aliphatic rings. The lowest BCUT2D eigenvalue weighted by Gasteiger charge is -2.33. The molecule has 4 rings (SSSR count). The van der Waals surface area contributed by atoms with Crippen molar-refractivity contribution < 1.29 is 18.3 Å². The minimum Gasteiger partial charge on any atom is -0.383 e. The van der Waals surface area contributed by atoms with Crippen LogP contribution in [0.15, 0.2) is 30.5 Å². The molecule has 6 nitrogen and oxygen atoms in total. The highest BCUT2D eigenvalue weighted by atomic mass is 19.3. The first-order valence-electron chi connectivity index (χ1n) is 10.1. The van der Waals surface area contributed by atoms with Crippen molar-refractivity contribution in [3.63, 3.8) is 0 Å². The van der Waals surface area contributed by atoms with Crippen molar-refractivity contribution in [2.45, 2.75) is 44.8 Å². The number of nitrogens with zero attached hydrogens (tertiary/aromatic N) is 3. The summed E-state index contributed by atoms with van der Waals surface area (Å²) in [5.41, 5.74) is -2.43. The molecule has 31 heavy (non-hydrogen) atoms. The number of rotatable bonds is 7. The zero-order valence-corrected chi connectivity index (χ0v) is 17.5. The van der Waals surface area contributed by atoms with E-state index < -0.39 is 28.8 Å². The summed E-state index contributed by atoms with van der Waals surface area (Å²) >= 11 is 0. The topological polar surface area (TPSA) is 83.0 Å². The van der Waals surface area contributed by atoms with Gasteiger partial charge in [0.05, 0.1) is 17.3 Å². The molecule has 1 saturated carbocycles. The summed E-state index contributed by atoms with van der Waals surface area (Å²) in [5, 5.41) is 17.0. The molecule has 1 aromatic carbocycles. The molecule has 0 spiro atoms. The van der Waals surface area contributed by atoms with Crippen LogP contribution in [0, 0.1) is 18.7 Å². The number of hydrogen-bond acceptors (Lipinski definition) is 6. The normalized spacial score (nSPS) is 16.2. The number of pyridine rings is 1. The summed E-state index contributed by atoms with van der Waals surface area (Å²) in [5.74, 6) is -3.72. The van der Waals surface area contributed by atoms with Gasteiger partial charge in [-0.25, -0.2) is 19.3 Å². The molecule has 0 saturated heterocycles. The van der Waals surface area contributed by atoms with Gasteiger partial charge in [-0.05, 0) is 44.7 Å². The second-order valence-corrected chi connectivity index (χ2v) is 8.08. The Morgan fingerprint density at radius 3 is 2.65 bits per heavy atom. The van der Waals surface area contributed by atoms with E-state index in [1.54, 1.807) is 26.2 Å². The van der Waals surface area contributed by atoms with Gasteiger partial charge >= 0.3 is 5.92 Å². The lowest BCUT2D eigenvalue weighted by atomic mass is 9.86. The minimum atomic E-state index is -3.71. The van der Waals surface area contributed by atoms with Gasteiger partial charge in [0.25, 0.3) is 0 Å². The Bertz CT molecular complexity index is 1130. The molecular formula is C22H24F3N5O. The zero-order valence-electron chi connectivity index (χ0n) is 17.5. The van der Waals surface area contributed by atoms with Crippen LogP contribution in [0.4, 0.5) is 24.8 Å². The molecular weight excluding hydrogens is 407 g/mol. The monoisotopic (exact) mass is 431 g/mol. The van der Waals surface area contributed by atoms with Crippen LogP contribution in [0.2, 0.25) is 0 Å². The van der Waals surface area contributed by atoms with Gasteiger partial charge in [0.2, 0.25) is 0 Å². The van der Waals surface area contributed by atoms with Crippen molar-refractivity contribution in [3.05, 3.63) is 53.2 Å². The van der Waals surface area contributed by atoms with E-state index in [-0.39, 0.29) is 12.1 Å². The summed E-state index contributed by atoms with van der Waals surface area (Å²) < 4.78 is 45.2. The molecule has 1 unspecified atom stereocenters. The van der Waals surface area contributed by atoms with Gasteiger partial charge in [-0.3, -0.25) is 0 Å². The standard InChI is InChI=1S/C22H24F3N5O/c1-12-29-17-11-27-18(26-3)9-15(17)20(30-12)28-10-13-5-4-6-16(19(13)23)22(24,25)21(2,31)14-7-8-14/h4-6,9,11,14,31H,7-8,10H2,1-3H3,(H,26,27)(H,28,29,30). The highest BCUT2D eigenvalue weighted by molar-refractivity contribution is 5.90. The average molecular weight is 431 g/mol. The number of anilines is 2. The average Bonchev–Trinajstić information content (AvgIpc) is 3.58. The maximum atomic E-state index is 15.1. The first-order chi connectivity index (χ1) is 14.6. The highest BCUT2D eigenvalue weighted by Gasteiger charge is 2.59. The van der Waals surface area contributed by atoms with E-state index in [0.29, 0.717) is 41.2 Å². The van der Waals surface area contributed by atoms with Crippen molar-refractivity contribution in [2.75, 3.05) is 17.7 Å². The van der Waals surface area contributed by atoms with Crippen LogP contribution in [0.5, 0.6) is 0 Å². The van der Waals surface area contributed by atoms with Gasteiger partial charge < -0.3 is 15.7 Å². The minimum absolute atomic E-state index is 0.0519. The summed E-state index contributed by atoms with van der Waals surface area (Å²) in [6.45, 7) is 2.74. The Morgan fingerprint density at radius 1 is 1.23 bits per heavy atom. The third-order valence-corrected chi connectivity index (χ3v) is 5.82. The van der Waals surface area contributed by atoms with E-state index in [1.165, 1.54) is 12.1 Å². The lowest BCUT2D eigenvalue weighted by molar-refractivity contribution is -0.191. The molecule has 0 amide bonds. The fourth-order valence-electron chi connectivity index (χ4n) is 3.73. The number of aliphatic hydroxyl groups is 1. The number of aryl methyl sites for hydroxylation is 1. The smallest absolute Gasteiger partial charge is 0.304 e. The predicted molar refractivity (Wildman–Crippen MR) is 113 cm³/mol. The Kier molecular flexibility index (Phi) is 5.25. The number of halogens is 3. The van der Waals surface area contributed by atoms with Gasteiger partial charge in [-0.1, -0.05) is 12.1 Å². The van der Waals surface area contributed by atoms with Crippen LogP contribution >= 0.6 is 0 Å². The molecule has 1 aliphatic carbocycles. The lowest BCUT2D eigenvalue weighted by Crippen LogP contribution is -2.45. The first kappa shape index (κ1) is 21.3. The van der Waals surface area contributed by atoms with Crippen LogP contribution in [-0.4, -0.2) is 32.7 Å². The van der Waals surface area contributed by atoms with Crippen LogP contribution < -0.4 is 10.6 Å². The van der Waals surface area contributed by atoms with Gasteiger partial charge in [-0.15, -0.1) is 0 Å². The number of alkyl halides is 2. The van der Waals surface area contributed by atoms with Crippen molar-refractivity contribution in [1.29, 1.82) is 0 Å². The molecule has 0 radical (unpaired) electrons. The van der Waals surface area contributed by atoms with E-state index in [0.717, 1.165) is 13.0 Å². The van der Waals surface area contributed by atoms with Crippen LogP contribution in [0.1, 0.15) is 36.7 Å². The molecule has 164 valence electrons.